The van der Waals surface area contributed by atoms with Crippen molar-refractivity contribution in [3.63, 3.8) is 0 Å². The smallest absolute Gasteiger partial charge is 0.244 e. The zero-order valence-corrected chi connectivity index (χ0v) is 3.67. The van der Waals surface area contributed by atoms with Gasteiger partial charge in [0.1, 0.15) is 0 Å². The van der Waals surface area contributed by atoms with Crippen LogP contribution in [0.25, 0.3) is 0 Å². The maximum absolute atomic E-state index is 9.13. The van der Waals surface area contributed by atoms with Gasteiger partial charge in [-0.3, -0.25) is 5.04 Å². The van der Waals surface area contributed by atoms with Crippen molar-refractivity contribution in [3.05, 3.63) is 0 Å². The first kappa shape index (κ1) is 6.79. The SMILES string of the molecule is O=S(=O)([O-])OO[O-]. The van der Waals surface area contributed by atoms with Gasteiger partial charge in [-0.25, -0.2) is 8.42 Å². The maximum Gasteiger partial charge on any atom is 0.244 e. The first-order valence-electron chi connectivity index (χ1n) is 1.00. The molecule has 0 aliphatic heterocycles. The highest BCUT2D eigenvalue weighted by Crippen LogP contribution is 1.79. The predicted octanol–water partition coefficient (Wildman–Crippen LogP) is -2.33. The fourth-order valence-corrected chi connectivity index (χ4v) is 0.102. The monoisotopic (exact) mass is 128 g/mol. The summed E-state index contributed by atoms with van der Waals surface area (Å²) in [6.45, 7) is 0. The van der Waals surface area contributed by atoms with Crippen LogP contribution in [0.5, 0.6) is 0 Å². The molecule has 0 rings (SSSR count). The highest BCUT2D eigenvalue weighted by atomic mass is 32.3. The van der Waals surface area contributed by atoms with Crippen LogP contribution in [0.15, 0.2) is 0 Å². The Morgan fingerprint density at radius 1 is 1.43 bits per heavy atom. The molecule has 0 amide bonds. The van der Waals surface area contributed by atoms with Crippen molar-refractivity contribution in [2.45, 2.75) is 0 Å². The highest BCUT2D eigenvalue weighted by Gasteiger charge is 1.84. The van der Waals surface area contributed by atoms with E-state index in [1.165, 1.54) is 0 Å². The molecule has 7 heteroatoms. The summed E-state index contributed by atoms with van der Waals surface area (Å²) in [4.78, 5) is 0. The van der Waals surface area contributed by atoms with Crippen molar-refractivity contribution in [1.82, 2.24) is 0 Å². The minimum Gasteiger partial charge on any atom is -0.724 e. The Hall–Kier alpha value is -0.210. The average Bonchev–Trinajstić information content (AvgIpc) is 1.30. The van der Waals surface area contributed by atoms with Crippen LogP contribution in [0.1, 0.15) is 0 Å². The Kier molecular flexibility index (Phi) is 2.12. The molecule has 0 fully saturated rings. The summed E-state index contributed by atoms with van der Waals surface area (Å²) in [5.74, 6) is 0. The summed E-state index contributed by atoms with van der Waals surface area (Å²) < 4.78 is 30.0. The van der Waals surface area contributed by atoms with Gasteiger partial charge in [0, 0.05) is 0 Å². The minimum absolute atomic E-state index is 2.26. The largest absolute Gasteiger partial charge is 0.724 e. The lowest BCUT2D eigenvalue weighted by Gasteiger charge is -2.06. The van der Waals surface area contributed by atoms with Gasteiger partial charge in [0.25, 0.3) is 0 Å². The zero-order chi connectivity index (χ0) is 5.91. The Bertz CT molecular complexity index is 117. The Morgan fingerprint density at radius 3 is 1.86 bits per heavy atom. The maximum atomic E-state index is 9.13. The summed E-state index contributed by atoms with van der Waals surface area (Å²) in [5, 5.41) is 10.9. The lowest BCUT2D eigenvalue weighted by atomic mass is 14.6. The Morgan fingerprint density at radius 2 is 1.86 bits per heavy atom. The molecule has 0 aliphatic carbocycles. The van der Waals surface area contributed by atoms with E-state index in [1.54, 1.807) is 0 Å². The molecule has 0 aliphatic rings. The van der Waals surface area contributed by atoms with Gasteiger partial charge < -0.3 is 9.81 Å². The van der Waals surface area contributed by atoms with Crippen LogP contribution in [-0.4, -0.2) is 13.0 Å². The average molecular weight is 128 g/mol. The summed E-state index contributed by atoms with van der Waals surface area (Å²) in [5.41, 5.74) is 0. The molecule has 6 nitrogen and oxygen atoms in total. The second-order valence-electron chi connectivity index (χ2n) is 0.544. The number of rotatable bonds is 2. The summed E-state index contributed by atoms with van der Waals surface area (Å²) in [6, 6.07) is 0. The molecule has 0 atom stereocenters. The molecule has 7 heavy (non-hydrogen) atoms. The van der Waals surface area contributed by atoms with E-state index >= 15 is 0 Å². The Labute approximate surface area is 39.1 Å². The topological polar surface area (TPSA) is 98.7 Å². The molecule has 0 aromatic rings. The van der Waals surface area contributed by atoms with E-state index < -0.39 is 10.4 Å². The van der Waals surface area contributed by atoms with Crippen LogP contribution in [0.2, 0.25) is 0 Å². The van der Waals surface area contributed by atoms with Crippen molar-refractivity contribution in [3.8, 4) is 0 Å². The standard InChI is InChI=1S/H2O6S/c1-5-6-7(2,3)4/h1H,(H,2,3,4)/p-2. The van der Waals surface area contributed by atoms with Crippen LogP contribution >= 0.6 is 0 Å². The lowest BCUT2D eigenvalue weighted by Crippen LogP contribution is -2.11. The van der Waals surface area contributed by atoms with Gasteiger partial charge in [-0.15, -0.1) is 4.33 Å². The van der Waals surface area contributed by atoms with Gasteiger partial charge in [0.15, 0.2) is 0 Å². The summed E-state index contributed by atoms with van der Waals surface area (Å²) in [7, 11) is -4.96. The van der Waals surface area contributed by atoms with Gasteiger partial charge in [0.2, 0.25) is 10.4 Å². The molecule has 0 N–H and O–H groups in total. The summed E-state index contributed by atoms with van der Waals surface area (Å²) >= 11 is 0. The normalized spacial score (nSPS) is 11.7. The molecule has 0 radical (unpaired) electrons. The van der Waals surface area contributed by atoms with Crippen LogP contribution in [-0.2, 0) is 19.8 Å². The fourth-order valence-electron chi connectivity index (χ4n) is 0.0340. The first-order chi connectivity index (χ1) is 3.06. The molecule has 0 saturated carbocycles. The molecule has 44 valence electrons. The van der Waals surface area contributed by atoms with Gasteiger partial charge >= 0.3 is 0 Å². The second kappa shape index (κ2) is 2.19. The number of hydrogen-bond acceptors (Lipinski definition) is 6. The zero-order valence-electron chi connectivity index (χ0n) is 2.86. The van der Waals surface area contributed by atoms with Crippen molar-refractivity contribution in [2.75, 3.05) is 0 Å². The van der Waals surface area contributed by atoms with E-state index in [1.807, 2.05) is 0 Å². The molecule has 0 saturated heterocycles. The van der Waals surface area contributed by atoms with Crippen LogP contribution in [0.4, 0.5) is 0 Å². The molecule has 0 unspecified atom stereocenters. The molecule has 0 aromatic carbocycles. The van der Waals surface area contributed by atoms with Gasteiger partial charge in [-0.1, -0.05) is 0 Å². The van der Waals surface area contributed by atoms with E-state index in [2.05, 4.69) is 9.37 Å². The first-order valence-corrected chi connectivity index (χ1v) is 2.33. The third kappa shape index (κ3) is 5.79. The van der Waals surface area contributed by atoms with Gasteiger partial charge in [-0.05, 0) is 0 Å². The molecular weight excluding hydrogens is 128 g/mol. The summed E-state index contributed by atoms with van der Waals surface area (Å²) in [6.07, 6.45) is 0. The molecule has 0 spiro atoms. The Balaban J connectivity index is 3.60. The van der Waals surface area contributed by atoms with E-state index in [9.17, 15) is 0 Å². The van der Waals surface area contributed by atoms with Gasteiger partial charge in [0.05, 0.1) is 0 Å². The molecular formula is O6S-2. The quantitative estimate of drug-likeness (QED) is 0.179. The van der Waals surface area contributed by atoms with Crippen LogP contribution in [0.3, 0.4) is 0 Å². The van der Waals surface area contributed by atoms with Crippen LogP contribution < -0.4 is 5.26 Å². The fraction of sp³-hybridized carbons (Fsp3) is 0. The molecule has 0 heterocycles. The van der Waals surface area contributed by atoms with E-state index in [0.29, 0.717) is 0 Å². The van der Waals surface area contributed by atoms with Gasteiger partial charge in [-0.2, -0.15) is 0 Å². The van der Waals surface area contributed by atoms with E-state index in [4.69, 9.17) is 18.2 Å². The highest BCUT2D eigenvalue weighted by molar-refractivity contribution is 7.80. The third-order valence-corrected chi connectivity index (χ3v) is 0.333. The van der Waals surface area contributed by atoms with Crippen molar-refractivity contribution >= 4 is 10.4 Å². The van der Waals surface area contributed by atoms with Crippen molar-refractivity contribution in [2.24, 2.45) is 0 Å². The number of hydrogen-bond donors (Lipinski definition) is 0. The van der Waals surface area contributed by atoms with Crippen molar-refractivity contribution < 1.29 is 27.6 Å². The molecule has 0 bridgehead atoms. The van der Waals surface area contributed by atoms with Crippen LogP contribution in [0, 0.1) is 0 Å². The van der Waals surface area contributed by atoms with E-state index in [0.717, 1.165) is 0 Å². The molecule has 0 aromatic heterocycles. The third-order valence-electron chi connectivity index (χ3n) is 0.111. The minimum atomic E-state index is -4.96. The second-order valence-corrected chi connectivity index (χ2v) is 1.50. The van der Waals surface area contributed by atoms with Crippen molar-refractivity contribution in [1.29, 1.82) is 0 Å². The lowest BCUT2D eigenvalue weighted by molar-refractivity contribution is -0.779. The van der Waals surface area contributed by atoms with E-state index in [-0.39, 0.29) is 0 Å². The predicted molar refractivity (Wildman–Crippen MR) is 11.9 cm³/mol.